The summed E-state index contributed by atoms with van der Waals surface area (Å²) in [7, 11) is 0. The van der Waals surface area contributed by atoms with E-state index in [1.54, 1.807) is 35.7 Å². The number of nitriles is 1. The van der Waals surface area contributed by atoms with Crippen molar-refractivity contribution in [3.05, 3.63) is 41.4 Å². The van der Waals surface area contributed by atoms with Gasteiger partial charge in [0.25, 0.3) is 5.91 Å². The van der Waals surface area contributed by atoms with Crippen LogP contribution >= 0.6 is 0 Å². The first-order valence-electron chi connectivity index (χ1n) is 8.17. The summed E-state index contributed by atoms with van der Waals surface area (Å²) in [6.45, 7) is 4.60. The third-order valence-corrected chi connectivity index (χ3v) is 4.66. The molecule has 1 amide bonds. The lowest BCUT2D eigenvalue weighted by molar-refractivity contribution is 0.0464. The zero-order chi connectivity index (χ0) is 17.3. The molecule has 0 bridgehead atoms. The van der Waals surface area contributed by atoms with Crippen LogP contribution in [0.25, 0.3) is 5.88 Å². The maximum absolute atomic E-state index is 13.0. The normalized spacial score (nSPS) is 19.1. The third-order valence-electron chi connectivity index (χ3n) is 4.66. The Bertz CT molecular complexity index is 768. The van der Waals surface area contributed by atoms with Gasteiger partial charge in [-0.3, -0.25) is 9.36 Å². The minimum Gasteiger partial charge on any atom is -0.443 e. The maximum Gasteiger partial charge on any atom is 0.258 e. The van der Waals surface area contributed by atoms with Gasteiger partial charge in [-0.1, -0.05) is 0 Å². The number of piperidine rings is 1. The van der Waals surface area contributed by atoms with E-state index in [1.165, 1.54) is 0 Å². The smallest absolute Gasteiger partial charge is 0.258 e. The zero-order valence-electron chi connectivity index (χ0n) is 13.9. The molecule has 2 aromatic rings. The van der Waals surface area contributed by atoms with Crippen LogP contribution in [0.1, 0.15) is 41.4 Å². The molecule has 1 N–H and O–H groups in total. The van der Waals surface area contributed by atoms with Crippen LogP contribution < -0.4 is 0 Å². The van der Waals surface area contributed by atoms with Crippen molar-refractivity contribution in [1.82, 2.24) is 9.47 Å². The Labute approximate surface area is 140 Å². The van der Waals surface area contributed by atoms with Crippen LogP contribution in [0.4, 0.5) is 0 Å². The first kappa shape index (κ1) is 16.3. The second-order valence-electron chi connectivity index (χ2n) is 6.31. The largest absolute Gasteiger partial charge is 0.443 e. The van der Waals surface area contributed by atoms with E-state index >= 15 is 0 Å². The molecule has 0 spiro atoms. The summed E-state index contributed by atoms with van der Waals surface area (Å²) in [6.07, 6.45) is 4.86. The highest BCUT2D eigenvalue weighted by Crippen LogP contribution is 2.28. The van der Waals surface area contributed by atoms with Crippen LogP contribution in [0.2, 0.25) is 0 Å². The molecule has 126 valence electrons. The minimum atomic E-state index is -0.447. The number of likely N-dealkylation sites (tertiary alicyclic amines) is 1. The molecule has 24 heavy (non-hydrogen) atoms. The lowest BCUT2D eigenvalue weighted by atomic mass is 9.93. The summed E-state index contributed by atoms with van der Waals surface area (Å²) >= 11 is 0. The average molecular weight is 327 g/mol. The maximum atomic E-state index is 13.0. The number of aromatic nitrogens is 1. The predicted octanol–water partition coefficient (Wildman–Crippen LogP) is 2.48. The van der Waals surface area contributed by atoms with Gasteiger partial charge in [0.2, 0.25) is 5.88 Å². The van der Waals surface area contributed by atoms with Crippen molar-refractivity contribution in [2.45, 2.75) is 32.8 Å². The van der Waals surface area contributed by atoms with Crippen molar-refractivity contribution in [2.24, 2.45) is 5.92 Å². The topological polar surface area (TPSA) is 82.4 Å². The van der Waals surface area contributed by atoms with E-state index in [0.717, 1.165) is 12.8 Å². The van der Waals surface area contributed by atoms with Crippen LogP contribution in [-0.2, 0) is 0 Å². The number of carbonyl (C=O) groups is 1. The molecule has 0 radical (unpaired) electrons. The molecule has 3 heterocycles. The molecule has 1 saturated heterocycles. The van der Waals surface area contributed by atoms with Gasteiger partial charge in [0, 0.05) is 31.4 Å². The van der Waals surface area contributed by atoms with Gasteiger partial charge < -0.3 is 14.4 Å². The number of furan rings is 1. The Hall–Kier alpha value is -2.52. The SMILES string of the molecule is Cc1oc(-n2cccc2)c(C#N)c1C(=O)N1CCCC(C(C)O)C1. The lowest BCUT2D eigenvalue weighted by Gasteiger charge is -2.34. The van der Waals surface area contributed by atoms with Crippen molar-refractivity contribution >= 4 is 5.91 Å². The van der Waals surface area contributed by atoms with E-state index in [9.17, 15) is 15.2 Å². The summed E-state index contributed by atoms with van der Waals surface area (Å²) in [5, 5.41) is 19.4. The third kappa shape index (κ3) is 2.83. The number of aryl methyl sites for hydroxylation is 1. The quantitative estimate of drug-likeness (QED) is 0.939. The fraction of sp³-hybridized carbons (Fsp3) is 0.444. The highest BCUT2D eigenvalue weighted by Gasteiger charge is 2.32. The Morgan fingerprint density at radius 3 is 2.79 bits per heavy atom. The molecule has 6 heteroatoms. The average Bonchev–Trinajstić information content (AvgIpc) is 3.21. The molecule has 1 aliphatic rings. The van der Waals surface area contributed by atoms with E-state index in [2.05, 4.69) is 6.07 Å². The highest BCUT2D eigenvalue weighted by molar-refractivity contribution is 5.98. The van der Waals surface area contributed by atoms with Gasteiger partial charge in [0.05, 0.1) is 6.10 Å². The van der Waals surface area contributed by atoms with Gasteiger partial charge in [-0.05, 0) is 38.8 Å². The number of nitrogens with zero attached hydrogens (tertiary/aromatic N) is 3. The molecule has 0 saturated carbocycles. The lowest BCUT2D eigenvalue weighted by Crippen LogP contribution is -2.43. The summed E-state index contributed by atoms with van der Waals surface area (Å²) in [5.74, 6) is 0.688. The summed E-state index contributed by atoms with van der Waals surface area (Å²) in [6, 6.07) is 5.78. The van der Waals surface area contributed by atoms with E-state index < -0.39 is 6.10 Å². The zero-order valence-corrected chi connectivity index (χ0v) is 13.9. The predicted molar refractivity (Wildman–Crippen MR) is 87.8 cm³/mol. The van der Waals surface area contributed by atoms with Gasteiger partial charge in [0.15, 0.2) is 0 Å². The molecular formula is C18H21N3O3. The minimum absolute atomic E-state index is 0.0735. The van der Waals surface area contributed by atoms with Gasteiger partial charge in [-0.2, -0.15) is 5.26 Å². The van der Waals surface area contributed by atoms with Crippen molar-refractivity contribution in [3.8, 4) is 12.0 Å². The number of amides is 1. The van der Waals surface area contributed by atoms with Crippen LogP contribution in [0.15, 0.2) is 28.9 Å². The van der Waals surface area contributed by atoms with Crippen LogP contribution in [0.3, 0.4) is 0 Å². The van der Waals surface area contributed by atoms with Gasteiger partial charge >= 0.3 is 0 Å². The fourth-order valence-electron chi connectivity index (χ4n) is 3.29. The van der Waals surface area contributed by atoms with E-state index in [0.29, 0.717) is 30.3 Å². The number of hydrogen-bond acceptors (Lipinski definition) is 4. The monoisotopic (exact) mass is 327 g/mol. The van der Waals surface area contributed by atoms with Gasteiger partial charge in [0.1, 0.15) is 23.0 Å². The first-order chi connectivity index (χ1) is 11.5. The first-order valence-corrected chi connectivity index (χ1v) is 8.17. The highest BCUT2D eigenvalue weighted by atomic mass is 16.4. The number of hydrogen-bond donors (Lipinski definition) is 1. The molecule has 1 aliphatic heterocycles. The van der Waals surface area contributed by atoms with Crippen LogP contribution in [-0.4, -0.2) is 39.7 Å². The van der Waals surface area contributed by atoms with Gasteiger partial charge in [-0.15, -0.1) is 0 Å². The number of aliphatic hydroxyl groups excluding tert-OH is 1. The Kier molecular flexibility index (Phi) is 4.45. The standard InChI is InChI=1S/C18H21N3O3/c1-12(22)14-6-5-9-21(11-14)17(23)16-13(2)24-18(15(16)10-19)20-7-3-4-8-20/h3-4,7-8,12,14,22H,5-6,9,11H2,1-2H3. The van der Waals surface area contributed by atoms with Crippen LogP contribution in [0, 0.1) is 24.2 Å². The molecule has 2 atom stereocenters. The second-order valence-corrected chi connectivity index (χ2v) is 6.31. The second kappa shape index (κ2) is 6.54. The molecule has 1 fully saturated rings. The Morgan fingerprint density at radius 2 is 2.17 bits per heavy atom. The summed E-state index contributed by atoms with van der Waals surface area (Å²) in [5.41, 5.74) is 0.584. The number of rotatable bonds is 3. The molecule has 0 aliphatic carbocycles. The Morgan fingerprint density at radius 1 is 1.46 bits per heavy atom. The van der Waals surface area contributed by atoms with Crippen LogP contribution in [0.5, 0.6) is 0 Å². The number of carbonyl (C=O) groups excluding carboxylic acids is 1. The molecule has 3 rings (SSSR count). The number of aliphatic hydroxyl groups is 1. The molecule has 2 unspecified atom stereocenters. The molecule has 2 aromatic heterocycles. The van der Waals surface area contributed by atoms with E-state index in [4.69, 9.17) is 4.42 Å². The van der Waals surface area contributed by atoms with E-state index in [1.807, 2.05) is 12.1 Å². The van der Waals surface area contributed by atoms with Gasteiger partial charge in [-0.25, -0.2) is 0 Å². The fourth-order valence-corrected chi connectivity index (χ4v) is 3.29. The summed E-state index contributed by atoms with van der Waals surface area (Å²) < 4.78 is 7.40. The molecular weight excluding hydrogens is 306 g/mol. The van der Waals surface area contributed by atoms with E-state index in [-0.39, 0.29) is 17.4 Å². The summed E-state index contributed by atoms with van der Waals surface area (Å²) in [4.78, 5) is 14.7. The Balaban J connectivity index is 1.94. The van der Waals surface area contributed by atoms with Crippen molar-refractivity contribution in [2.75, 3.05) is 13.1 Å². The molecule has 6 nitrogen and oxygen atoms in total. The van der Waals surface area contributed by atoms with Crippen molar-refractivity contribution in [3.63, 3.8) is 0 Å². The molecule has 0 aromatic carbocycles. The van der Waals surface area contributed by atoms with Crippen molar-refractivity contribution < 1.29 is 14.3 Å². The van der Waals surface area contributed by atoms with Crippen molar-refractivity contribution in [1.29, 1.82) is 5.26 Å².